The van der Waals surface area contributed by atoms with Gasteiger partial charge in [0.15, 0.2) is 0 Å². The van der Waals surface area contributed by atoms with Gasteiger partial charge in [-0.15, -0.1) is 11.3 Å². The zero-order valence-corrected chi connectivity index (χ0v) is 17.5. The van der Waals surface area contributed by atoms with Crippen LogP contribution in [0.25, 0.3) is 0 Å². The predicted octanol–water partition coefficient (Wildman–Crippen LogP) is 4.40. The molecule has 0 aliphatic carbocycles. The van der Waals surface area contributed by atoms with E-state index in [1.54, 1.807) is 28.4 Å². The van der Waals surface area contributed by atoms with E-state index in [9.17, 15) is 14.0 Å². The van der Waals surface area contributed by atoms with E-state index in [1.807, 2.05) is 31.1 Å². The molecule has 2 aromatic rings. The topological polar surface area (TPSA) is 40.6 Å². The number of halogens is 1. The summed E-state index contributed by atoms with van der Waals surface area (Å²) < 4.78 is 13.5. The Hall–Kier alpha value is -2.21. The summed E-state index contributed by atoms with van der Waals surface area (Å²) in [5, 5.41) is 2.04. The number of carbonyl (C=O) groups excluding carboxylic acids is 2. The van der Waals surface area contributed by atoms with Crippen LogP contribution in [-0.4, -0.2) is 40.7 Å². The molecule has 4 nitrogen and oxygen atoms in total. The summed E-state index contributed by atoms with van der Waals surface area (Å²) in [5.41, 5.74) is 2.00. The lowest BCUT2D eigenvalue weighted by molar-refractivity contribution is -0.143. The maximum Gasteiger partial charge on any atom is 0.243 e. The maximum atomic E-state index is 13.5. The average molecular weight is 403 g/mol. The molecule has 2 amide bonds. The highest BCUT2D eigenvalue weighted by Gasteiger charge is 2.34. The largest absolute Gasteiger partial charge is 0.331 e. The van der Waals surface area contributed by atoms with Crippen molar-refractivity contribution in [3.63, 3.8) is 0 Å². The molecule has 2 unspecified atom stereocenters. The minimum Gasteiger partial charge on any atom is -0.331 e. The number of hydrogen-bond acceptors (Lipinski definition) is 3. The van der Waals surface area contributed by atoms with Gasteiger partial charge in [-0.3, -0.25) is 9.59 Å². The molecule has 0 radical (unpaired) electrons. The molecular formula is C22H27FN2O2S. The molecule has 1 aromatic heterocycles. The van der Waals surface area contributed by atoms with Gasteiger partial charge < -0.3 is 9.80 Å². The summed E-state index contributed by atoms with van der Waals surface area (Å²) in [7, 11) is 0. The second-order valence-electron chi connectivity index (χ2n) is 7.22. The van der Waals surface area contributed by atoms with Crippen molar-refractivity contribution in [3.05, 3.63) is 57.5 Å². The standard InChI is InChI=1S/C22H27FN2O2S/c1-4-15(3)25(20(26)5-2)14-21(27)24-12-10-19-18(11-13-28-19)22(24)16-6-8-17(23)9-7-16/h6-9,11,13,15,22H,4-5,10,12,14H2,1-3H3. The summed E-state index contributed by atoms with van der Waals surface area (Å²) in [5.74, 6) is -0.359. The van der Waals surface area contributed by atoms with Crippen LogP contribution in [0.4, 0.5) is 4.39 Å². The lowest BCUT2D eigenvalue weighted by Gasteiger charge is -2.38. The Bertz CT molecular complexity index is 833. The average Bonchev–Trinajstić information content (AvgIpc) is 3.19. The van der Waals surface area contributed by atoms with Crippen molar-refractivity contribution in [1.82, 2.24) is 9.80 Å². The molecule has 2 atom stereocenters. The fraction of sp³-hybridized carbons (Fsp3) is 0.455. The molecule has 28 heavy (non-hydrogen) atoms. The van der Waals surface area contributed by atoms with Crippen molar-refractivity contribution >= 4 is 23.2 Å². The van der Waals surface area contributed by atoms with E-state index >= 15 is 0 Å². The third-order valence-electron chi connectivity index (χ3n) is 5.52. The Morgan fingerprint density at radius 3 is 2.61 bits per heavy atom. The number of fused-ring (bicyclic) bond motifs is 1. The molecule has 1 aromatic carbocycles. The van der Waals surface area contributed by atoms with E-state index in [0.29, 0.717) is 13.0 Å². The highest BCUT2D eigenvalue weighted by molar-refractivity contribution is 7.10. The fourth-order valence-electron chi connectivity index (χ4n) is 3.74. The normalized spacial score (nSPS) is 17.1. The molecule has 6 heteroatoms. The second-order valence-corrected chi connectivity index (χ2v) is 8.22. The molecule has 1 aliphatic heterocycles. The summed E-state index contributed by atoms with van der Waals surface area (Å²) >= 11 is 1.70. The fourth-order valence-corrected chi connectivity index (χ4v) is 4.64. The van der Waals surface area contributed by atoms with Crippen LogP contribution in [0.1, 0.15) is 55.7 Å². The van der Waals surface area contributed by atoms with E-state index in [2.05, 4.69) is 6.07 Å². The molecule has 0 bridgehead atoms. The Kier molecular flexibility index (Phi) is 6.50. The first-order chi connectivity index (χ1) is 13.5. The number of thiophene rings is 1. The summed E-state index contributed by atoms with van der Waals surface area (Å²) in [6.07, 6.45) is 1.99. The number of amides is 2. The molecule has 3 rings (SSSR count). The zero-order valence-electron chi connectivity index (χ0n) is 16.7. The Balaban J connectivity index is 1.91. The van der Waals surface area contributed by atoms with Crippen molar-refractivity contribution in [3.8, 4) is 0 Å². The first kappa shape index (κ1) is 20.5. The molecule has 0 saturated carbocycles. The molecule has 0 fully saturated rings. The van der Waals surface area contributed by atoms with Gasteiger partial charge in [-0.1, -0.05) is 26.0 Å². The van der Waals surface area contributed by atoms with Gasteiger partial charge in [0.2, 0.25) is 11.8 Å². The second kappa shape index (κ2) is 8.86. The highest BCUT2D eigenvalue weighted by Crippen LogP contribution is 2.38. The van der Waals surface area contributed by atoms with Gasteiger partial charge in [0.25, 0.3) is 0 Å². The van der Waals surface area contributed by atoms with Gasteiger partial charge in [-0.2, -0.15) is 0 Å². The monoisotopic (exact) mass is 402 g/mol. The van der Waals surface area contributed by atoms with E-state index in [4.69, 9.17) is 0 Å². The zero-order chi connectivity index (χ0) is 20.3. The summed E-state index contributed by atoms with van der Waals surface area (Å²) in [4.78, 5) is 30.5. The Morgan fingerprint density at radius 1 is 1.25 bits per heavy atom. The first-order valence-electron chi connectivity index (χ1n) is 9.86. The van der Waals surface area contributed by atoms with Gasteiger partial charge in [-0.25, -0.2) is 4.39 Å². The number of carbonyl (C=O) groups is 2. The Morgan fingerprint density at radius 2 is 1.96 bits per heavy atom. The van der Waals surface area contributed by atoms with Gasteiger partial charge >= 0.3 is 0 Å². The summed E-state index contributed by atoms with van der Waals surface area (Å²) in [6, 6.07) is 8.20. The van der Waals surface area contributed by atoms with Crippen LogP contribution in [0.3, 0.4) is 0 Å². The van der Waals surface area contributed by atoms with Gasteiger partial charge in [-0.05, 0) is 54.5 Å². The van der Waals surface area contributed by atoms with Crippen LogP contribution in [0.5, 0.6) is 0 Å². The molecule has 2 heterocycles. The van der Waals surface area contributed by atoms with Crippen LogP contribution in [0.15, 0.2) is 35.7 Å². The summed E-state index contributed by atoms with van der Waals surface area (Å²) in [6.45, 7) is 6.50. The SMILES string of the molecule is CCC(=O)N(CC(=O)N1CCc2sccc2C1c1ccc(F)cc1)C(C)CC. The van der Waals surface area contributed by atoms with Crippen molar-refractivity contribution < 1.29 is 14.0 Å². The smallest absolute Gasteiger partial charge is 0.243 e. The quantitative estimate of drug-likeness (QED) is 0.719. The van der Waals surface area contributed by atoms with E-state index in [0.717, 1.165) is 24.0 Å². The minimum atomic E-state index is -0.292. The molecule has 150 valence electrons. The van der Waals surface area contributed by atoms with Crippen molar-refractivity contribution in [1.29, 1.82) is 0 Å². The van der Waals surface area contributed by atoms with Crippen LogP contribution < -0.4 is 0 Å². The van der Waals surface area contributed by atoms with Crippen molar-refractivity contribution in [2.24, 2.45) is 0 Å². The highest BCUT2D eigenvalue weighted by atomic mass is 32.1. The van der Waals surface area contributed by atoms with Crippen molar-refractivity contribution in [2.45, 2.75) is 52.1 Å². The van der Waals surface area contributed by atoms with Gasteiger partial charge in [0.05, 0.1) is 6.04 Å². The van der Waals surface area contributed by atoms with E-state index in [1.165, 1.54) is 17.0 Å². The number of nitrogens with zero attached hydrogens (tertiary/aromatic N) is 2. The van der Waals surface area contributed by atoms with Crippen LogP contribution in [0, 0.1) is 5.82 Å². The first-order valence-corrected chi connectivity index (χ1v) is 10.7. The third-order valence-corrected chi connectivity index (χ3v) is 6.52. The van der Waals surface area contributed by atoms with Crippen LogP contribution >= 0.6 is 11.3 Å². The molecule has 0 N–H and O–H groups in total. The van der Waals surface area contributed by atoms with E-state index in [-0.39, 0.29) is 36.3 Å². The number of rotatable bonds is 6. The van der Waals surface area contributed by atoms with Crippen molar-refractivity contribution in [2.75, 3.05) is 13.1 Å². The van der Waals surface area contributed by atoms with Gasteiger partial charge in [0.1, 0.15) is 12.4 Å². The maximum absolute atomic E-state index is 13.5. The Labute approximate surface area is 170 Å². The van der Waals surface area contributed by atoms with Crippen LogP contribution in [-0.2, 0) is 16.0 Å². The predicted molar refractivity (Wildman–Crippen MR) is 110 cm³/mol. The lowest BCUT2D eigenvalue weighted by atomic mass is 9.93. The van der Waals surface area contributed by atoms with E-state index < -0.39 is 0 Å². The lowest BCUT2D eigenvalue weighted by Crippen LogP contribution is -2.49. The molecule has 1 aliphatic rings. The molecule has 0 spiro atoms. The molecular weight excluding hydrogens is 375 g/mol. The number of benzene rings is 1. The molecule has 0 saturated heterocycles. The van der Waals surface area contributed by atoms with Crippen LogP contribution in [0.2, 0.25) is 0 Å². The minimum absolute atomic E-state index is 0.00531. The third kappa shape index (κ3) is 4.12. The van der Waals surface area contributed by atoms with Gasteiger partial charge in [0, 0.05) is 23.9 Å². The number of hydrogen-bond donors (Lipinski definition) is 0.